The van der Waals surface area contributed by atoms with Gasteiger partial charge in [0, 0.05) is 37.8 Å². The van der Waals surface area contributed by atoms with Gasteiger partial charge in [0.05, 0.1) is 11.8 Å². The van der Waals surface area contributed by atoms with Crippen molar-refractivity contribution in [2.24, 2.45) is 17.0 Å². The number of anilines is 1. The van der Waals surface area contributed by atoms with Crippen molar-refractivity contribution in [1.29, 1.82) is 0 Å². The fourth-order valence-electron chi connectivity index (χ4n) is 4.60. The Morgan fingerprint density at radius 3 is 2.41 bits per heavy atom. The van der Waals surface area contributed by atoms with Gasteiger partial charge in [-0.25, -0.2) is 0 Å². The van der Waals surface area contributed by atoms with Crippen LogP contribution in [0.2, 0.25) is 0 Å². The van der Waals surface area contributed by atoms with E-state index in [1.54, 1.807) is 12.1 Å². The molecular weight excluding hydrogens is 278 g/mol. The number of phenols is 1. The van der Waals surface area contributed by atoms with Crippen molar-refractivity contribution in [1.82, 2.24) is 4.90 Å². The molecule has 1 aliphatic heterocycles. The average Bonchev–Trinajstić information content (AvgIpc) is 3.16. The molecule has 2 bridgehead atoms. The van der Waals surface area contributed by atoms with Gasteiger partial charge in [0.1, 0.15) is 5.75 Å². The summed E-state index contributed by atoms with van der Waals surface area (Å²) in [5, 5.41) is 22.4. The van der Waals surface area contributed by atoms with Crippen LogP contribution >= 0.6 is 0 Å². The topological polar surface area (TPSA) is 59.3 Å². The van der Waals surface area contributed by atoms with E-state index in [-0.39, 0.29) is 0 Å². The minimum Gasteiger partial charge on any atom is -0.508 e. The first-order valence-electron chi connectivity index (χ1n) is 8.26. The molecule has 3 unspecified atom stereocenters. The Morgan fingerprint density at radius 2 is 1.73 bits per heavy atom. The zero-order valence-electron chi connectivity index (χ0n) is 12.7. The second-order valence-corrected chi connectivity index (χ2v) is 6.78. The number of benzene rings is 1. The zero-order chi connectivity index (χ0) is 15.1. The molecule has 1 aromatic rings. The van der Waals surface area contributed by atoms with Crippen LogP contribution in [-0.4, -0.2) is 53.1 Å². The zero-order valence-corrected chi connectivity index (χ0v) is 12.7. The number of phenolic OH excluding ortho intramolecular Hbond substituents is 1. The van der Waals surface area contributed by atoms with Crippen LogP contribution in [0.3, 0.4) is 0 Å². The Morgan fingerprint density at radius 1 is 1.00 bits per heavy atom. The van der Waals surface area contributed by atoms with Gasteiger partial charge < -0.3 is 15.2 Å². The summed E-state index contributed by atoms with van der Waals surface area (Å²) in [4.78, 5) is 4.87. The van der Waals surface area contributed by atoms with Gasteiger partial charge in [0.25, 0.3) is 0 Å². The van der Waals surface area contributed by atoms with Crippen LogP contribution in [0.25, 0.3) is 0 Å². The monoisotopic (exact) mass is 301 g/mol. The van der Waals surface area contributed by atoms with Crippen molar-refractivity contribution >= 4 is 11.4 Å². The second-order valence-electron chi connectivity index (χ2n) is 6.78. The quantitative estimate of drug-likeness (QED) is 0.649. The first kappa shape index (κ1) is 13.9. The molecule has 1 heterocycles. The largest absolute Gasteiger partial charge is 0.508 e. The third kappa shape index (κ3) is 2.24. The number of hydrogen-bond donors (Lipinski definition) is 2. The van der Waals surface area contributed by atoms with E-state index in [2.05, 4.69) is 15.0 Å². The summed E-state index contributed by atoms with van der Waals surface area (Å²) >= 11 is 0. The Hall–Kier alpha value is -1.75. The third-order valence-electron chi connectivity index (χ3n) is 5.68. The minimum atomic E-state index is 0.313. The lowest BCUT2D eigenvalue weighted by molar-refractivity contribution is 0.181. The molecule has 2 N–H and O–H groups in total. The van der Waals surface area contributed by atoms with Gasteiger partial charge in [0.15, 0.2) is 0 Å². The second kappa shape index (κ2) is 5.47. The first-order chi connectivity index (χ1) is 10.8. The van der Waals surface area contributed by atoms with Gasteiger partial charge in [-0.1, -0.05) is 5.16 Å². The maximum atomic E-state index is 9.39. The molecule has 2 saturated carbocycles. The maximum Gasteiger partial charge on any atom is 0.115 e. The van der Waals surface area contributed by atoms with Crippen LogP contribution < -0.4 is 4.90 Å². The Balaban J connectivity index is 1.43. The number of rotatable bonds is 2. The highest BCUT2D eigenvalue weighted by Gasteiger charge is 2.48. The molecule has 1 saturated heterocycles. The lowest BCUT2D eigenvalue weighted by atomic mass is 9.91. The smallest absolute Gasteiger partial charge is 0.115 e. The van der Waals surface area contributed by atoms with E-state index in [0.29, 0.717) is 23.6 Å². The van der Waals surface area contributed by atoms with Gasteiger partial charge in [-0.3, -0.25) is 4.90 Å². The highest BCUT2D eigenvalue weighted by atomic mass is 16.4. The predicted molar refractivity (Wildman–Crippen MR) is 85.7 cm³/mol. The van der Waals surface area contributed by atoms with Crippen molar-refractivity contribution < 1.29 is 10.3 Å². The first-order valence-corrected chi connectivity index (χ1v) is 8.26. The van der Waals surface area contributed by atoms with E-state index in [0.717, 1.165) is 31.9 Å². The molecule has 3 aliphatic rings. The van der Waals surface area contributed by atoms with Gasteiger partial charge in [0.2, 0.25) is 0 Å². The van der Waals surface area contributed by atoms with Crippen molar-refractivity contribution in [3.05, 3.63) is 24.3 Å². The van der Waals surface area contributed by atoms with Crippen LogP contribution in [-0.2, 0) is 0 Å². The van der Waals surface area contributed by atoms with Crippen molar-refractivity contribution in [2.45, 2.75) is 25.3 Å². The number of aromatic hydroxyl groups is 1. The molecule has 22 heavy (non-hydrogen) atoms. The molecule has 3 atom stereocenters. The van der Waals surface area contributed by atoms with E-state index in [1.807, 2.05) is 12.1 Å². The summed E-state index contributed by atoms with van der Waals surface area (Å²) in [6.45, 7) is 3.98. The van der Waals surface area contributed by atoms with Gasteiger partial charge >= 0.3 is 0 Å². The summed E-state index contributed by atoms with van der Waals surface area (Å²) < 4.78 is 0. The van der Waals surface area contributed by atoms with Crippen LogP contribution in [0.1, 0.15) is 19.3 Å². The van der Waals surface area contributed by atoms with E-state index in [9.17, 15) is 10.3 Å². The molecule has 1 aromatic carbocycles. The summed E-state index contributed by atoms with van der Waals surface area (Å²) in [7, 11) is 0. The van der Waals surface area contributed by atoms with E-state index >= 15 is 0 Å². The molecule has 0 amide bonds. The number of nitrogens with zero attached hydrogens (tertiary/aromatic N) is 3. The van der Waals surface area contributed by atoms with Crippen LogP contribution in [0.4, 0.5) is 5.69 Å². The number of fused-ring (bicyclic) bond motifs is 2. The summed E-state index contributed by atoms with van der Waals surface area (Å²) in [6.07, 6.45) is 3.70. The van der Waals surface area contributed by atoms with Gasteiger partial charge in [-0.2, -0.15) is 0 Å². The normalized spacial score (nSPS) is 33.7. The van der Waals surface area contributed by atoms with Crippen LogP contribution in [0.5, 0.6) is 5.75 Å². The third-order valence-corrected chi connectivity index (χ3v) is 5.68. The van der Waals surface area contributed by atoms with Gasteiger partial charge in [-0.15, -0.1) is 0 Å². The highest BCUT2D eigenvalue weighted by Crippen LogP contribution is 2.45. The van der Waals surface area contributed by atoms with E-state index < -0.39 is 0 Å². The molecule has 118 valence electrons. The van der Waals surface area contributed by atoms with Crippen molar-refractivity contribution in [3.63, 3.8) is 0 Å². The predicted octanol–water partition coefficient (Wildman–Crippen LogP) is 2.14. The van der Waals surface area contributed by atoms with E-state index in [1.165, 1.54) is 24.9 Å². The molecule has 4 rings (SSSR count). The SMILES string of the molecule is O/N=C1/C2CCC(C2)C1N1CCN(c2ccc(O)cc2)CC1. The molecule has 2 aliphatic carbocycles. The minimum absolute atomic E-state index is 0.313. The standard InChI is InChI=1S/C17H23N3O2/c21-15-5-3-14(4-6-15)19-7-9-20(10-8-19)17-13-2-1-12(11-13)16(17)18-22/h3-6,12-13,17,21-22H,1-2,7-11H2/b18-16-. The molecule has 0 aromatic heterocycles. The Labute approximate surface area is 130 Å². The summed E-state index contributed by atoms with van der Waals surface area (Å²) in [6, 6.07) is 7.81. The fourth-order valence-corrected chi connectivity index (χ4v) is 4.60. The highest BCUT2D eigenvalue weighted by molar-refractivity contribution is 5.94. The average molecular weight is 301 g/mol. The van der Waals surface area contributed by atoms with Crippen molar-refractivity contribution in [2.75, 3.05) is 31.1 Å². The molecule has 5 nitrogen and oxygen atoms in total. The fraction of sp³-hybridized carbons (Fsp3) is 0.588. The van der Waals surface area contributed by atoms with Crippen LogP contribution in [0.15, 0.2) is 29.4 Å². The lowest BCUT2D eigenvalue weighted by Gasteiger charge is -2.41. The van der Waals surface area contributed by atoms with Gasteiger partial charge in [-0.05, 0) is 49.4 Å². The molecule has 0 spiro atoms. The number of hydrogen-bond acceptors (Lipinski definition) is 5. The van der Waals surface area contributed by atoms with Crippen molar-refractivity contribution in [3.8, 4) is 5.75 Å². The Bertz CT molecular complexity index is 564. The summed E-state index contributed by atoms with van der Waals surface area (Å²) in [5.74, 6) is 1.53. The number of piperazine rings is 1. The maximum absolute atomic E-state index is 9.39. The molecule has 0 radical (unpaired) electrons. The number of oxime groups is 1. The molecule has 5 heteroatoms. The lowest BCUT2D eigenvalue weighted by Crippen LogP contribution is -2.54. The summed E-state index contributed by atoms with van der Waals surface area (Å²) in [5.41, 5.74) is 2.20. The molecular formula is C17H23N3O2. The van der Waals surface area contributed by atoms with E-state index in [4.69, 9.17) is 0 Å². The van der Waals surface area contributed by atoms with Crippen LogP contribution in [0, 0.1) is 11.8 Å². The Kier molecular flexibility index (Phi) is 3.45. The molecule has 3 fully saturated rings.